The standard InChI is InChI=1S/C7H7ClF2N2/c8-3-5-1-6-2-7(9,10)4-12(6)11-5/h1H,2-4H2. The summed E-state index contributed by atoms with van der Waals surface area (Å²) >= 11 is 5.50. The third-order valence-electron chi connectivity index (χ3n) is 1.87. The van der Waals surface area contributed by atoms with Gasteiger partial charge < -0.3 is 0 Å². The third-order valence-corrected chi connectivity index (χ3v) is 2.15. The summed E-state index contributed by atoms with van der Waals surface area (Å²) in [7, 11) is 0. The Bertz CT molecular complexity index is 283. The summed E-state index contributed by atoms with van der Waals surface area (Å²) < 4.78 is 26.8. The number of nitrogens with zero attached hydrogens (tertiary/aromatic N) is 2. The number of hydrogen-bond acceptors (Lipinski definition) is 1. The lowest BCUT2D eigenvalue weighted by molar-refractivity contribution is 0.000901. The van der Waals surface area contributed by atoms with E-state index in [9.17, 15) is 8.78 Å². The van der Waals surface area contributed by atoms with Gasteiger partial charge in [0.15, 0.2) is 0 Å². The summed E-state index contributed by atoms with van der Waals surface area (Å²) in [6.07, 6.45) is -0.211. The van der Waals surface area contributed by atoms with Gasteiger partial charge >= 0.3 is 0 Å². The summed E-state index contributed by atoms with van der Waals surface area (Å²) in [4.78, 5) is 0. The van der Waals surface area contributed by atoms with E-state index in [4.69, 9.17) is 11.6 Å². The quantitative estimate of drug-likeness (QED) is 0.621. The van der Waals surface area contributed by atoms with Crippen LogP contribution in [0.1, 0.15) is 11.4 Å². The van der Waals surface area contributed by atoms with Crippen molar-refractivity contribution >= 4 is 11.6 Å². The number of rotatable bonds is 1. The van der Waals surface area contributed by atoms with Gasteiger partial charge in [0, 0.05) is 5.69 Å². The molecule has 1 aliphatic heterocycles. The van der Waals surface area contributed by atoms with Crippen LogP contribution in [0, 0.1) is 0 Å². The average Bonchev–Trinajstić information content (AvgIpc) is 2.40. The van der Waals surface area contributed by atoms with Crippen molar-refractivity contribution in [2.24, 2.45) is 0 Å². The predicted molar refractivity (Wildman–Crippen MR) is 40.4 cm³/mol. The minimum atomic E-state index is -2.62. The highest BCUT2D eigenvalue weighted by atomic mass is 35.5. The lowest BCUT2D eigenvalue weighted by atomic mass is 10.2. The molecule has 5 heteroatoms. The minimum absolute atomic E-state index is 0.211. The lowest BCUT2D eigenvalue weighted by Gasteiger charge is -2.04. The lowest BCUT2D eigenvalue weighted by Crippen LogP contribution is -2.17. The van der Waals surface area contributed by atoms with Gasteiger partial charge in [-0.15, -0.1) is 11.6 Å². The molecule has 66 valence electrons. The van der Waals surface area contributed by atoms with Crippen LogP contribution in [0.15, 0.2) is 6.07 Å². The molecule has 0 aromatic carbocycles. The van der Waals surface area contributed by atoms with Crippen molar-refractivity contribution in [1.82, 2.24) is 9.78 Å². The van der Waals surface area contributed by atoms with Gasteiger partial charge in [-0.25, -0.2) is 8.78 Å². The molecule has 0 atom stereocenters. The summed E-state index contributed by atoms with van der Waals surface area (Å²) in [6, 6.07) is 1.63. The maximum Gasteiger partial charge on any atom is 0.272 e. The van der Waals surface area contributed by atoms with E-state index >= 15 is 0 Å². The number of alkyl halides is 3. The van der Waals surface area contributed by atoms with Crippen LogP contribution >= 0.6 is 11.6 Å². The average molecular weight is 193 g/mol. The molecule has 0 bridgehead atoms. The van der Waals surface area contributed by atoms with Crippen molar-refractivity contribution in [2.75, 3.05) is 0 Å². The van der Waals surface area contributed by atoms with Crippen LogP contribution in [0.3, 0.4) is 0 Å². The predicted octanol–water partition coefficient (Wildman–Crippen LogP) is 1.81. The van der Waals surface area contributed by atoms with Crippen molar-refractivity contribution in [1.29, 1.82) is 0 Å². The van der Waals surface area contributed by atoms with Crippen molar-refractivity contribution in [3.63, 3.8) is 0 Å². The monoisotopic (exact) mass is 192 g/mol. The molecule has 0 N–H and O–H groups in total. The van der Waals surface area contributed by atoms with Crippen molar-refractivity contribution in [2.45, 2.75) is 24.8 Å². The molecule has 0 spiro atoms. The molecule has 0 unspecified atom stereocenters. The van der Waals surface area contributed by atoms with E-state index < -0.39 is 5.92 Å². The molecule has 1 aliphatic rings. The Morgan fingerprint density at radius 3 is 3.00 bits per heavy atom. The van der Waals surface area contributed by atoms with Gasteiger partial charge in [0.05, 0.1) is 18.0 Å². The van der Waals surface area contributed by atoms with Gasteiger partial charge in [-0.1, -0.05) is 0 Å². The molecule has 2 heterocycles. The largest absolute Gasteiger partial charge is 0.272 e. The molecule has 0 radical (unpaired) electrons. The van der Waals surface area contributed by atoms with E-state index in [-0.39, 0.29) is 18.8 Å². The highest BCUT2D eigenvalue weighted by Crippen LogP contribution is 2.29. The maximum absolute atomic E-state index is 12.7. The summed E-state index contributed by atoms with van der Waals surface area (Å²) in [5.74, 6) is -2.33. The fourth-order valence-electron chi connectivity index (χ4n) is 1.40. The first-order valence-electron chi connectivity index (χ1n) is 3.60. The van der Waals surface area contributed by atoms with E-state index in [2.05, 4.69) is 5.10 Å². The smallest absolute Gasteiger partial charge is 0.263 e. The zero-order valence-corrected chi connectivity index (χ0v) is 6.98. The normalized spacial score (nSPS) is 19.6. The molecular formula is C7H7ClF2N2. The van der Waals surface area contributed by atoms with Crippen molar-refractivity contribution in [3.05, 3.63) is 17.5 Å². The van der Waals surface area contributed by atoms with E-state index in [1.54, 1.807) is 6.07 Å². The first-order valence-corrected chi connectivity index (χ1v) is 4.13. The van der Waals surface area contributed by atoms with E-state index in [1.807, 2.05) is 0 Å². The van der Waals surface area contributed by atoms with Crippen LogP contribution in [0.4, 0.5) is 8.78 Å². The van der Waals surface area contributed by atoms with Gasteiger partial charge in [0.2, 0.25) is 0 Å². The number of fused-ring (bicyclic) bond motifs is 1. The maximum atomic E-state index is 12.7. The summed E-state index contributed by atoms with van der Waals surface area (Å²) in [5, 5.41) is 3.91. The van der Waals surface area contributed by atoms with Crippen LogP contribution in [-0.4, -0.2) is 15.7 Å². The fourth-order valence-corrected chi connectivity index (χ4v) is 1.53. The summed E-state index contributed by atoms with van der Waals surface area (Å²) in [6.45, 7) is -0.306. The molecule has 0 fully saturated rings. The van der Waals surface area contributed by atoms with Crippen molar-refractivity contribution < 1.29 is 8.78 Å². The summed E-state index contributed by atoms with van der Waals surface area (Å²) in [5.41, 5.74) is 1.25. The zero-order chi connectivity index (χ0) is 8.77. The van der Waals surface area contributed by atoms with Crippen LogP contribution < -0.4 is 0 Å². The number of halogens is 3. The Morgan fingerprint density at radius 1 is 1.67 bits per heavy atom. The van der Waals surface area contributed by atoms with Crippen LogP contribution in [0.5, 0.6) is 0 Å². The second-order valence-corrected chi connectivity index (χ2v) is 3.22. The van der Waals surface area contributed by atoms with Crippen LogP contribution in [0.25, 0.3) is 0 Å². The van der Waals surface area contributed by atoms with Gasteiger partial charge in [-0.05, 0) is 6.07 Å². The first-order chi connectivity index (χ1) is 5.61. The molecule has 0 saturated heterocycles. The highest BCUT2D eigenvalue weighted by molar-refractivity contribution is 6.16. The Labute approximate surface area is 73.1 Å². The van der Waals surface area contributed by atoms with E-state index in [0.717, 1.165) is 0 Å². The Kier molecular flexibility index (Phi) is 1.61. The van der Waals surface area contributed by atoms with Gasteiger partial charge in [-0.3, -0.25) is 4.68 Å². The molecule has 0 aliphatic carbocycles. The molecular weight excluding hydrogens is 186 g/mol. The molecule has 0 saturated carbocycles. The SMILES string of the molecule is FC1(F)Cc2cc(CCl)nn2C1. The van der Waals surface area contributed by atoms with Crippen LogP contribution in [-0.2, 0) is 18.8 Å². The van der Waals surface area contributed by atoms with Gasteiger partial charge in [0.1, 0.15) is 6.54 Å². The van der Waals surface area contributed by atoms with Gasteiger partial charge in [0.25, 0.3) is 5.92 Å². The van der Waals surface area contributed by atoms with E-state index in [1.165, 1.54) is 4.68 Å². The Hall–Kier alpha value is -0.640. The van der Waals surface area contributed by atoms with Crippen LogP contribution in [0.2, 0.25) is 0 Å². The zero-order valence-electron chi connectivity index (χ0n) is 6.23. The first kappa shape index (κ1) is 7.98. The second-order valence-electron chi connectivity index (χ2n) is 2.95. The van der Waals surface area contributed by atoms with Crippen molar-refractivity contribution in [3.8, 4) is 0 Å². The molecule has 2 nitrogen and oxygen atoms in total. The molecule has 12 heavy (non-hydrogen) atoms. The highest BCUT2D eigenvalue weighted by Gasteiger charge is 2.38. The molecule has 1 aromatic heterocycles. The second kappa shape index (κ2) is 2.42. The third kappa shape index (κ3) is 1.20. The fraction of sp³-hybridized carbons (Fsp3) is 0.571. The molecule has 2 rings (SSSR count). The Morgan fingerprint density at radius 2 is 2.42 bits per heavy atom. The molecule has 0 amide bonds. The van der Waals surface area contributed by atoms with Gasteiger partial charge in [-0.2, -0.15) is 5.10 Å². The number of aromatic nitrogens is 2. The minimum Gasteiger partial charge on any atom is -0.263 e. The Balaban J connectivity index is 2.30. The molecule has 1 aromatic rings. The topological polar surface area (TPSA) is 17.8 Å². The van der Waals surface area contributed by atoms with E-state index in [0.29, 0.717) is 11.4 Å². The number of hydrogen-bond donors (Lipinski definition) is 0.